The lowest BCUT2D eigenvalue weighted by molar-refractivity contribution is 0.0658. The smallest absolute Gasteiger partial charge is 0.322 e. The van der Waals surface area contributed by atoms with Gasteiger partial charge in [0.2, 0.25) is 5.95 Å². The quantitative estimate of drug-likeness (QED) is 0.871. The topological polar surface area (TPSA) is 87.4 Å². The normalized spacial score (nSPS) is 28.0. The zero-order valence-corrected chi connectivity index (χ0v) is 15.9. The second-order valence-corrected chi connectivity index (χ2v) is 7.89. The fourth-order valence-electron chi connectivity index (χ4n) is 4.56. The molecule has 1 spiro atoms. The molecule has 1 saturated carbocycles. The predicted molar refractivity (Wildman–Crippen MR) is 105 cm³/mol. The first-order valence-electron chi connectivity index (χ1n) is 9.34. The van der Waals surface area contributed by atoms with E-state index in [1.54, 1.807) is 17.3 Å². The highest BCUT2D eigenvalue weighted by molar-refractivity contribution is 5.95. The van der Waals surface area contributed by atoms with Gasteiger partial charge in [0.05, 0.1) is 30.2 Å². The van der Waals surface area contributed by atoms with Gasteiger partial charge in [0.15, 0.2) is 0 Å². The van der Waals surface area contributed by atoms with Crippen molar-refractivity contribution in [3.8, 4) is 0 Å². The van der Waals surface area contributed by atoms with Gasteiger partial charge in [0.25, 0.3) is 0 Å². The molecule has 4 rings (SSSR count). The first-order valence-corrected chi connectivity index (χ1v) is 9.34. The average molecular weight is 366 g/mol. The van der Waals surface area contributed by atoms with Gasteiger partial charge in [0.1, 0.15) is 0 Å². The van der Waals surface area contributed by atoms with Gasteiger partial charge < -0.3 is 11.1 Å². The van der Waals surface area contributed by atoms with Crippen molar-refractivity contribution < 1.29 is 4.79 Å². The molecule has 1 aromatic heterocycles. The standard InChI is InChI=1S/C20H26N6O/c1-25(2)20(15-6-4-3-5-7-15)10-8-19(9-11-20)14-26(18(27)24-19)16-12-22-17(21)23-13-16/h3-7,12-13H,8-11,14H2,1-2H3,(H,24,27)(H2,21,22,23)/t19-,20-. The molecule has 2 heterocycles. The Labute approximate surface area is 159 Å². The van der Waals surface area contributed by atoms with Crippen LogP contribution in [0.1, 0.15) is 31.2 Å². The monoisotopic (exact) mass is 366 g/mol. The van der Waals surface area contributed by atoms with E-state index in [1.807, 2.05) is 0 Å². The van der Waals surface area contributed by atoms with Crippen LogP contribution in [0.4, 0.5) is 16.4 Å². The number of rotatable bonds is 3. The number of nitrogens with zero attached hydrogens (tertiary/aromatic N) is 4. The molecule has 1 aliphatic carbocycles. The number of benzene rings is 1. The van der Waals surface area contributed by atoms with E-state index in [0.29, 0.717) is 12.2 Å². The molecule has 0 radical (unpaired) electrons. The third kappa shape index (κ3) is 3.02. The summed E-state index contributed by atoms with van der Waals surface area (Å²) in [5.74, 6) is 0.212. The van der Waals surface area contributed by atoms with Crippen LogP contribution in [0.5, 0.6) is 0 Å². The summed E-state index contributed by atoms with van der Waals surface area (Å²) in [5, 5.41) is 3.24. The van der Waals surface area contributed by atoms with Crippen LogP contribution in [-0.2, 0) is 5.54 Å². The molecular weight excluding hydrogens is 340 g/mol. The molecule has 0 unspecified atom stereocenters. The van der Waals surface area contributed by atoms with Gasteiger partial charge in [-0.1, -0.05) is 30.3 Å². The number of aromatic nitrogens is 2. The lowest BCUT2D eigenvalue weighted by Crippen LogP contribution is -2.54. The van der Waals surface area contributed by atoms with Crippen LogP contribution in [0.25, 0.3) is 0 Å². The van der Waals surface area contributed by atoms with Gasteiger partial charge in [-0.15, -0.1) is 0 Å². The van der Waals surface area contributed by atoms with Gasteiger partial charge in [-0.05, 0) is 45.3 Å². The summed E-state index contributed by atoms with van der Waals surface area (Å²) in [6.07, 6.45) is 7.07. The van der Waals surface area contributed by atoms with Crippen molar-refractivity contribution >= 4 is 17.7 Å². The molecule has 0 bridgehead atoms. The van der Waals surface area contributed by atoms with E-state index in [-0.39, 0.29) is 23.1 Å². The van der Waals surface area contributed by atoms with E-state index in [2.05, 4.69) is 64.6 Å². The molecule has 27 heavy (non-hydrogen) atoms. The first-order chi connectivity index (χ1) is 12.9. The Morgan fingerprint density at radius 3 is 2.30 bits per heavy atom. The minimum Gasteiger partial charge on any atom is -0.368 e. The van der Waals surface area contributed by atoms with E-state index in [0.717, 1.165) is 25.7 Å². The highest BCUT2D eigenvalue weighted by atomic mass is 16.2. The Morgan fingerprint density at radius 1 is 1.07 bits per heavy atom. The molecule has 7 heteroatoms. The van der Waals surface area contributed by atoms with Crippen molar-refractivity contribution in [2.45, 2.75) is 36.8 Å². The highest BCUT2D eigenvalue weighted by Crippen LogP contribution is 2.46. The third-order valence-corrected chi connectivity index (χ3v) is 6.25. The van der Waals surface area contributed by atoms with E-state index < -0.39 is 0 Å². The fourth-order valence-corrected chi connectivity index (χ4v) is 4.56. The number of nitrogens with two attached hydrogens (primary N) is 1. The van der Waals surface area contributed by atoms with Gasteiger partial charge in [-0.3, -0.25) is 9.80 Å². The number of nitrogens with one attached hydrogen (secondary N) is 1. The molecular formula is C20H26N6O. The van der Waals surface area contributed by atoms with E-state index >= 15 is 0 Å². The number of nitrogen functional groups attached to an aromatic ring is 1. The minimum absolute atomic E-state index is 0.00890. The molecule has 3 N–H and O–H groups in total. The lowest BCUT2D eigenvalue weighted by Gasteiger charge is -2.48. The molecule has 1 aromatic carbocycles. The molecule has 2 amide bonds. The zero-order valence-electron chi connectivity index (χ0n) is 15.9. The summed E-state index contributed by atoms with van der Waals surface area (Å²) in [4.78, 5) is 24.7. The Bertz CT molecular complexity index is 812. The van der Waals surface area contributed by atoms with Crippen LogP contribution in [0.2, 0.25) is 0 Å². The highest BCUT2D eigenvalue weighted by Gasteiger charge is 2.50. The van der Waals surface area contributed by atoms with E-state index in [4.69, 9.17) is 5.73 Å². The number of carbonyl (C=O) groups is 1. The number of hydrogen-bond donors (Lipinski definition) is 2. The van der Waals surface area contributed by atoms with Crippen molar-refractivity contribution in [3.05, 3.63) is 48.3 Å². The molecule has 0 atom stereocenters. The Hall–Kier alpha value is -2.67. The summed E-state index contributed by atoms with van der Waals surface area (Å²) >= 11 is 0. The second-order valence-electron chi connectivity index (χ2n) is 7.89. The van der Waals surface area contributed by atoms with Gasteiger partial charge in [0, 0.05) is 5.54 Å². The van der Waals surface area contributed by atoms with Crippen molar-refractivity contribution in [1.82, 2.24) is 20.2 Å². The SMILES string of the molecule is CN(C)[C@]1(c2ccccc2)CC[C@@]2(CC1)CN(c1cnc(N)nc1)C(=O)N2. The number of urea groups is 1. The predicted octanol–water partition coefficient (Wildman–Crippen LogP) is 2.36. The van der Waals surface area contributed by atoms with Crippen LogP contribution in [-0.4, -0.2) is 47.1 Å². The van der Waals surface area contributed by atoms with Crippen LogP contribution in [0, 0.1) is 0 Å². The summed E-state index contributed by atoms with van der Waals surface area (Å²) in [5.41, 5.74) is 7.40. The molecule has 2 aliphatic rings. The molecule has 7 nitrogen and oxygen atoms in total. The van der Waals surface area contributed by atoms with E-state index in [9.17, 15) is 4.79 Å². The van der Waals surface area contributed by atoms with Crippen molar-refractivity contribution in [3.63, 3.8) is 0 Å². The van der Waals surface area contributed by atoms with Crippen LogP contribution in [0.3, 0.4) is 0 Å². The van der Waals surface area contributed by atoms with Crippen molar-refractivity contribution in [1.29, 1.82) is 0 Å². The van der Waals surface area contributed by atoms with Gasteiger partial charge in [-0.2, -0.15) is 0 Å². The van der Waals surface area contributed by atoms with Gasteiger partial charge in [-0.25, -0.2) is 14.8 Å². The number of carbonyl (C=O) groups excluding carboxylic acids is 1. The molecule has 2 aromatic rings. The first kappa shape index (κ1) is 17.7. The Balaban J connectivity index is 1.54. The maximum absolute atomic E-state index is 12.6. The Morgan fingerprint density at radius 2 is 1.70 bits per heavy atom. The largest absolute Gasteiger partial charge is 0.368 e. The zero-order chi connectivity index (χ0) is 19.1. The summed E-state index contributed by atoms with van der Waals surface area (Å²) < 4.78 is 0. The molecule has 2 fully saturated rings. The van der Waals surface area contributed by atoms with Crippen molar-refractivity contribution in [2.75, 3.05) is 31.3 Å². The molecule has 142 valence electrons. The molecule has 1 saturated heterocycles. The Kier molecular flexibility index (Phi) is 4.26. The minimum atomic E-state index is -0.202. The number of amides is 2. The average Bonchev–Trinajstić information content (AvgIpc) is 3.00. The molecule has 1 aliphatic heterocycles. The maximum atomic E-state index is 12.6. The lowest BCUT2D eigenvalue weighted by atomic mass is 9.69. The van der Waals surface area contributed by atoms with Crippen LogP contribution < -0.4 is 16.0 Å². The van der Waals surface area contributed by atoms with Crippen LogP contribution in [0.15, 0.2) is 42.7 Å². The maximum Gasteiger partial charge on any atom is 0.322 e. The van der Waals surface area contributed by atoms with Crippen molar-refractivity contribution in [2.24, 2.45) is 0 Å². The number of hydrogen-bond acceptors (Lipinski definition) is 5. The third-order valence-electron chi connectivity index (χ3n) is 6.25. The van der Waals surface area contributed by atoms with Crippen LogP contribution >= 0.6 is 0 Å². The fraction of sp³-hybridized carbons (Fsp3) is 0.450. The summed E-state index contributed by atoms with van der Waals surface area (Å²) in [6, 6.07) is 10.6. The number of anilines is 2. The van der Waals surface area contributed by atoms with Gasteiger partial charge >= 0.3 is 6.03 Å². The second kappa shape index (κ2) is 6.49. The summed E-state index contributed by atoms with van der Waals surface area (Å²) in [6.45, 7) is 0.636. The summed E-state index contributed by atoms with van der Waals surface area (Å²) in [7, 11) is 4.30. The van der Waals surface area contributed by atoms with E-state index in [1.165, 1.54) is 5.56 Å².